The second-order valence-corrected chi connectivity index (χ2v) is 3.90. The van der Waals surface area contributed by atoms with Crippen LogP contribution in [0.2, 0.25) is 5.02 Å². The van der Waals surface area contributed by atoms with Crippen LogP contribution in [0.15, 0.2) is 24.4 Å². The predicted octanol–water partition coefficient (Wildman–Crippen LogP) is 3.48. The lowest BCUT2D eigenvalue weighted by Gasteiger charge is -2.04. The number of aromatic nitrogens is 2. The zero-order valence-electron chi connectivity index (χ0n) is 8.63. The first-order valence-electron chi connectivity index (χ1n) is 4.68. The number of aromatic amines is 1. The number of hydrogen-bond acceptors (Lipinski definition) is 2. The summed E-state index contributed by atoms with van der Waals surface area (Å²) in [5.74, 6) is 1.81. The summed E-state index contributed by atoms with van der Waals surface area (Å²) in [6, 6.07) is 5.49. The molecule has 5 heteroatoms. The van der Waals surface area contributed by atoms with Gasteiger partial charge in [0.25, 0.3) is 0 Å². The minimum absolute atomic E-state index is 0.355. The van der Waals surface area contributed by atoms with Crippen LogP contribution in [-0.2, 0) is 5.88 Å². The molecule has 0 spiro atoms. The van der Waals surface area contributed by atoms with E-state index >= 15 is 0 Å². The van der Waals surface area contributed by atoms with Crippen molar-refractivity contribution in [2.75, 3.05) is 7.11 Å². The number of nitrogens with one attached hydrogen (secondary N) is 1. The van der Waals surface area contributed by atoms with E-state index in [0.29, 0.717) is 10.9 Å². The van der Waals surface area contributed by atoms with E-state index in [9.17, 15) is 0 Å². The largest absolute Gasteiger partial charge is 0.497 e. The molecule has 84 valence electrons. The summed E-state index contributed by atoms with van der Waals surface area (Å²) < 4.78 is 5.08. The van der Waals surface area contributed by atoms with Crippen LogP contribution >= 0.6 is 23.2 Å². The summed E-state index contributed by atoms with van der Waals surface area (Å²) in [6.07, 6.45) is 1.71. The Bertz CT molecular complexity index is 496. The summed E-state index contributed by atoms with van der Waals surface area (Å²) in [4.78, 5) is 7.21. The number of hydrogen-bond donors (Lipinski definition) is 1. The molecule has 1 heterocycles. The van der Waals surface area contributed by atoms with Gasteiger partial charge in [0.15, 0.2) is 0 Å². The van der Waals surface area contributed by atoms with Crippen LogP contribution in [0.25, 0.3) is 11.3 Å². The first kappa shape index (κ1) is 11.3. The van der Waals surface area contributed by atoms with Crippen molar-refractivity contribution in [2.24, 2.45) is 0 Å². The van der Waals surface area contributed by atoms with E-state index in [1.165, 1.54) is 0 Å². The van der Waals surface area contributed by atoms with E-state index in [4.69, 9.17) is 27.9 Å². The fourth-order valence-electron chi connectivity index (χ4n) is 1.41. The molecule has 0 fully saturated rings. The molecular weight excluding hydrogens is 247 g/mol. The van der Waals surface area contributed by atoms with Crippen molar-refractivity contribution in [3.05, 3.63) is 35.2 Å². The van der Waals surface area contributed by atoms with Gasteiger partial charge >= 0.3 is 0 Å². The summed E-state index contributed by atoms with van der Waals surface area (Å²) in [5.41, 5.74) is 1.73. The fourth-order valence-corrected chi connectivity index (χ4v) is 1.82. The number of alkyl halides is 1. The third kappa shape index (κ3) is 2.15. The summed E-state index contributed by atoms with van der Waals surface area (Å²) in [5, 5.41) is 0.615. The maximum atomic E-state index is 6.13. The third-order valence-electron chi connectivity index (χ3n) is 2.22. The van der Waals surface area contributed by atoms with Crippen molar-refractivity contribution >= 4 is 23.2 Å². The van der Waals surface area contributed by atoms with Crippen molar-refractivity contribution in [1.29, 1.82) is 0 Å². The van der Waals surface area contributed by atoms with E-state index < -0.39 is 0 Å². The molecule has 2 rings (SSSR count). The molecule has 0 saturated heterocycles. The molecule has 0 radical (unpaired) electrons. The highest BCUT2D eigenvalue weighted by molar-refractivity contribution is 6.33. The van der Waals surface area contributed by atoms with Crippen LogP contribution in [0.3, 0.4) is 0 Å². The number of halogens is 2. The normalized spacial score (nSPS) is 10.4. The van der Waals surface area contributed by atoms with Crippen LogP contribution in [-0.4, -0.2) is 17.1 Å². The Balaban J connectivity index is 2.40. The van der Waals surface area contributed by atoms with Crippen LogP contribution in [0, 0.1) is 0 Å². The highest BCUT2D eigenvalue weighted by atomic mass is 35.5. The molecule has 1 aromatic heterocycles. The van der Waals surface area contributed by atoms with E-state index in [-0.39, 0.29) is 0 Å². The number of benzene rings is 1. The molecule has 1 aromatic carbocycles. The Morgan fingerprint density at radius 2 is 2.25 bits per heavy atom. The molecule has 0 bridgehead atoms. The van der Waals surface area contributed by atoms with Gasteiger partial charge in [0.05, 0.1) is 29.9 Å². The third-order valence-corrected chi connectivity index (χ3v) is 2.79. The molecule has 3 nitrogen and oxygen atoms in total. The van der Waals surface area contributed by atoms with Crippen molar-refractivity contribution in [1.82, 2.24) is 9.97 Å². The van der Waals surface area contributed by atoms with Crippen molar-refractivity contribution < 1.29 is 4.74 Å². The van der Waals surface area contributed by atoms with Crippen LogP contribution in [0.5, 0.6) is 5.75 Å². The van der Waals surface area contributed by atoms with Crippen LogP contribution in [0.4, 0.5) is 0 Å². The van der Waals surface area contributed by atoms with Gasteiger partial charge in [-0.15, -0.1) is 11.6 Å². The number of H-pyrrole nitrogens is 1. The van der Waals surface area contributed by atoms with Gasteiger partial charge in [-0.05, 0) is 18.2 Å². The van der Waals surface area contributed by atoms with E-state index in [2.05, 4.69) is 9.97 Å². The number of ether oxygens (including phenoxy) is 1. The van der Waals surface area contributed by atoms with Gasteiger partial charge in [-0.3, -0.25) is 0 Å². The molecule has 0 saturated carbocycles. The Labute approximate surface area is 103 Å². The second-order valence-electron chi connectivity index (χ2n) is 3.22. The standard InChI is InChI=1S/C11H10Cl2N2O/c1-16-7-2-3-8(9(13)4-7)10-6-14-11(5-12)15-10/h2-4,6H,5H2,1H3,(H,14,15). The number of rotatable bonds is 3. The summed E-state index contributed by atoms with van der Waals surface area (Å²) in [6.45, 7) is 0. The molecule has 1 N–H and O–H groups in total. The maximum Gasteiger partial charge on any atom is 0.121 e. The zero-order valence-corrected chi connectivity index (χ0v) is 10.1. The second kappa shape index (κ2) is 4.76. The van der Waals surface area contributed by atoms with Gasteiger partial charge in [-0.2, -0.15) is 0 Å². The number of methoxy groups -OCH3 is 1. The Morgan fingerprint density at radius 1 is 1.44 bits per heavy atom. The van der Waals surface area contributed by atoms with Gasteiger partial charge in [0.2, 0.25) is 0 Å². The topological polar surface area (TPSA) is 37.9 Å². The van der Waals surface area contributed by atoms with Crippen molar-refractivity contribution in [3.63, 3.8) is 0 Å². The SMILES string of the molecule is COc1ccc(-c2cnc(CCl)[nH]2)c(Cl)c1. The van der Waals surface area contributed by atoms with Crippen LogP contribution in [0.1, 0.15) is 5.82 Å². The molecule has 0 aliphatic heterocycles. The molecule has 16 heavy (non-hydrogen) atoms. The van der Waals surface area contributed by atoms with Gasteiger partial charge in [0, 0.05) is 5.56 Å². The molecule has 0 unspecified atom stereocenters. The minimum Gasteiger partial charge on any atom is -0.497 e. The van der Waals surface area contributed by atoms with Gasteiger partial charge in [-0.1, -0.05) is 11.6 Å². The average molecular weight is 257 g/mol. The average Bonchev–Trinajstić information content (AvgIpc) is 2.77. The Hall–Kier alpha value is -1.19. The lowest BCUT2D eigenvalue weighted by molar-refractivity contribution is 0.415. The Kier molecular flexibility index (Phi) is 3.36. The van der Waals surface area contributed by atoms with Crippen molar-refractivity contribution in [3.8, 4) is 17.0 Å². The molecule has 0 aliphatic rings. The summed E-state index contributed by atoms with van der Waals surface area (Å²) >= 11 is 11.8. The predicted molar refractivity (Wildman–Crippen MR) is 65.1 cm³/mol. The monoisotopic (exact) mass is 256 g/mol. The van der Waals surface area contributed by atoms with Gasteiger partial charge in [-0.25, -0.2) is 4.98 Å². The van der Waals surface area contributed by atoms with Gasteiger partial charge < -0.3 is 9.72 Å². The van der Waals surface area contributed by atoms with Crippen LogP contribution < -0.4 is 4.74 Å². The lowest BCUT2D eigenvalue weighted by atomic mass is 10.1. The molecular formula is C11H10Cl2N2O. The Morgan fingerprint density at radius 3 is 2.81 bits per heavy atom. The number of imidazole rings is 1. The highest BCUT2D eigenvalue weighted by Crippen LogP contribution is 2.30. The molecule has 0 amide bonds. The molecule has 0 aliphatic carbocycles. The van der Waals surface area contributed by atoms with E-state index in [1.54, 1.807) is 19.4 Å². The molecule has 0 atom stereocenters. The van der Waals surface area contributed by atoms with Gasteiger partial charge in [0.1, 0.15) is 11.6 Å². The smallest absolute Gasteiger partial charge is 0.121 e. The molecule has 2 aromatic rings. The first-order valence-corrected chi connectivity index (χ1v) is 5.59. The number of nitrogens with zero attached hydrogens (tertiary/aromatic N) is 1. The quantitative estimate of drug-likeness (QED) is 0.855. The summed E-state index contributed by atoms with van der Waals surface area (Å²) in [7, 11) is 1.60. The highest BCUT2D eigenvalue weighted by Gasteiger charge is 2.07. The van der Waals surface area contributed by atoms with Crippen molar-refractivity contribution in [2.45, 2.75) is 5.88 Å². The lowest BCUT2D eigenvalue weighted by Crippen LogP contribution is -1.85. The maximum absolute atomic E-state index is 6.13. The first-order chi connectivity index (χ1) is 7.74. The van der Waals surface area contributed by atoms with E-state index in [0.717, 1.165) is 22.8 Å². The minimum atomic E-state index is 0.355. The zero-order chi connectivity index (χ0) is 11.5. The van der Waals surface area contributed by atoms with E-state index in [1.807, 2.05) is 12.1 Å². The fraction of sp³-hybridized carbons (Fsp3) is 0.182.